The first-order valence-electron chi connectivity index (χ1n) is 4.27. The van der Waals surface area contributed by atoms with E-state index < -0.39 is 18.0 Å². The molecule has 1 heterocycles. The molecule has 0 saturated carbocycles. The minimum atomic E-state index is -1.28. The van der Waals surface area contributed by atoms with Gasteiger partial charge in [-0.05, 0) is 6.07 Å². The van der Waals surface area contributed by atoms with Gasteiger partial charge in [0.25, 0.3) is 0 Å². The van der Waals surface area contributed by atoms with Crippen molar-refractivity contribution in [1.29, 1.82) is 0 Å². The number of carboxylic acid groups (broad SMARTS) is 1. The Bertz CT molecular complexity index is 374. The molecular formula is C10H10O4. The first-order chi connectivity index (χ1) is 6.70. The Morgan fingerprint density at radius 2 is 2.21 bits per heavy atom. The van der Waals surface area contributed by atoms with Gasteiger partial charge in [0.1, 0.15) is 12.4 Å². The molecule has 2 rings (SSSR count). The molecule has 2 N–H and O–H groups in total. The fraction of sp³-hybridized carbons (Fsp3) is 0.300. The summed E-state index contributed by atoms with van der Waals surface area (Å²) in [7, 11) is 0. The van der Waals surface area contributed by atoms with Gasteiger partial charge in [0.2, 0.25) is 0 Å². The molecule has 1 atom stereocenters. The highest BCUT2D eigenvalue weighted by molar-refractivity contribution is 5.84. The van der Waals surface area contributed by atoms with Crippen LogP contribution in [0.4, 0.5) is 0 Å². The lowest BCUT2D eigenvalue weighted by atomic mass is 9.83. The molecule has 4 nitrogen and oxygen atoms in total. The fourth-order valence-corrected chi connectivity index (χ4v) is 1.64. The van der Waals surface area contributed by atoms with Gasteiger partial charge < -0.3 is 14.9 Å². The number of aliphatic carboxylic acids is 1. The van der Waals surface area contributed by atoms with Crippen LogP contribution in [0, 0.1) is 0 Å². The van der Waals surface area contributed by atoms with E-state index >= 15 is 0 Å². The second-order valence-electron chi connectivity index (χ2n) is 3.33. The van der Waals surface area contributed by atoms with E-state index in [4.69, 9.17) is 9.84 Å². The lowest BCUT2D eigenvalue weighted by molar-refractivity contribution is -0.146. The maximum Gasteiger partial charge on any atom is 0.320 e. The van der Waals surface area contributed by atoms with Gasteiger partial charge in [-0.25, -0.2) is 0 Å². The van der Waals surface area contributed by atoms with Crippen LogP contribution >= 0.6 is 0 Å². The smallest absolute Gasteiger partial charge is 0.320 e. The summed E-state index contributed by atoms with van der Waals surface area (Å²) in [6, 6.07) is 6.89. The number of carboxylic acids is 1. The zero-order valence-electron chi connectivity index (χ0n) is 7.43. The van der Waals surface area contributed by atoms with Crippen molar-refractivity contribution in [2.24, 2.45) is 0 Å². The van der Waals surface area contributed by atoms with Gasteiger partial charge in [0.05, 0.1) is 6.61 Å². The van der Waals surface area contributed by atoms with Crippen LogP contribution in [0.1, 0.15) is 5.56 Å². The molecule has 0 amide bonds. The maximum absolute atomic E-state index is 11.1. The third-order valence-electron chi connectivity index (χ3n) is 2.56. The van der Waals surface area contributed by atoms with E-state index in [0.29, 0.717) is 11.3 Å². The molecule has 0 fully saturated rings. The van der Waals surface area contributed by atoms with Crippen molar-refractivity contribution < 1.29 is 19.7 Å². The molecule has 0 aliphatic carbocycles. The summed E-state index contributed by atoms with van der Waals surface area (Å²) >= 11 is 0. The van der Waals surface area contributed by atoms with E-state index in [-0.39, 0.29) is 6.61 Å². The molecule has 1 unspecified atom stereocenters. The van der Waals surface area contributed by atoms with Gasteiger partial charge in [0, 0.05) is 5.56 Å². The summed E-state index contributed by atoms with van der Waals surface area (Å²) in [6.45, 7) is -0.447. The van der Waals surface area contributed by atoms with Crippen molar-refractivity contribution >= 4 is 5.97 Å². The van der Waals surface area contributed by atoms with E-state index in [1.54, 1.807) is 24.3 Å². The first-order valence-corrected chi connectivity index (χ1v) is 4.27. The van der Waals surface area contributed by atoms with Crippen molar-refractivity contribution in [3.63, 3.8) is 0 Å². The van der Waals surface area contributed by atoms with Crippen molar-refractivity contribution in [2.45, 2.75) is 5.41 Å². The Morgan fingerprint density at radius 3 is 2.86 bits per heavy atom. The van der Waals surface area contributed by atoms with Crippen molar-refractivity contribution in [3.05, 3.63) is 29.8 Å². The summed E-state index contributed by atoms with van der Waals surface area (Å²) in [4.78, 5) is 11.1. The van der Waals surface area contributed by atoms with Gasteiger partial charge >= 0.3 is 5.97 Å². The number of benzene rings is 1. The average molecular weight is 194 g/mol. The van der Waals surface area contributed by atoms with Crippen molar-refractivity contribution in [1.82, 2.24) is 0 Å². The quantitative estimate of drug-likeness (QED) is 0.714. The van der Waals surface area contributed by atoms with Gasteiger partial charge in [-0.1, -0.05) is 18.2 Å². The van der Waals surface area contributed by atoms with Gasteiger partial charge in [0.15, 0.2) is 5.41 Å². The highest BCUT2D eigenvalue weighted by Gasteiger charge is 2.47. The third kappa shape index (κ3) is 1.01. The minimum Gasteiger partial charge on any atom is -0.492 e. The molecule has 0 saturated heterocycles. The molecule has 0 spiro atoms. The van der Waals surface area contributed by atoms with Gasteiger partial charge in [-0.3, -0.25) is 4.79 Å². The number of rotatable bonds is 2. The van der Waals surface area contributed by atoms with Crippen LogP contribution in [0.3, 0.4) is 0 Å². The minimum absolute atomic E-state index is 0.00181. The summed E-state index contributed by atoms with van der Waals surface area (Å²) in [5.41, 5.74) is -0.730. The summed E-state index contributed by atoms with van der Waals surface area (Å²) in [5.74, 6) is -0.506. The molecular weight excluding hydrogens is 184 g/mol. The number of para-hydroxylation sites is 1. The SMILES string of the molecule is O=C(O)C1(CO)COc2ccccc21. The molecule has 1 aliphatic rings. The van der Waals surface area contributed by atoms with Crippen LogP contribution in [-0.2, 0) is 10.2 Å². The number of hydrogen-bond acceptors (Lipinski definition) is 3. The lowest BCUT2D eigenvalue weighted by Crippen LogP contribution is -2.41. The van der Waals surface area contributed by atoms with E-state index in [9.17, 15) is 9.90 Å². The molecule has 14 heavy (non-hydrogen) atoms. The third-order valence-corrected chi connectivity index (χ3v) is 2.56. The highest BCUT2D eigenvalue weighted by Crippen LogP contribution is 2.38. The largest absolute Gasteiger partial charge is 0.492 e. The number of aliphatic hydroxyl groups is 1. The molecule has 0 radical (unpaired) electrons. The monoisotopic (exact) mass is 194 g/mol. The van der Waals surface area contributed by atoms with Crippen LogP contribution in [-0.4, -0.2) is 29.4 Å². The molecule has 1 aromatic rings. The van der Waals surface area contributed by atoms with Crippen LogP contribution in [0.25, 0.3) is 0 Å². The van der Waals surface area contributed by atoms with Crippen LogP contribution in [0.15, 0.2) is 24.3 Å². The van der Waals surface area contributed by atoms with E-state index in [0.717, 1.165) is 0 Å². The normalized spacial score (nSPS) is 24.1. The predicted octanol–water partition coefficient (Wildman–Crippen LogP) is 0.394. The van der Waals surface area contributed by atoms with Gasteiger partial charge in [-0.15, -0.1) is 0 Å². The zero-order valence-corrected chi connectivity index (χ0v) is 7.43. The highest BCUT2D eigenvalue weighted by atomic mass is 16.5. The number of hydrogen-bond donors (Lipinski definition) is 2. The Labute approximate surface area is 80.7 Å². The number of carbonyl (C=O) groups is 1. The maximum atomic E-state index is 11.1. The van der Waals surface area contributed by atoms with Crippen molar-refractivity contribution in [2.75, 3.05) is 13.2 Å². The van der Waals surface area contributed by atoms with Crippen LogP contribution in [0.5, 0.6) is 5.75 Å². The van der Waals surface area contributed by atoms with Crippen LogP contribution < -0.4 is 4.74 Å². The Balaban J connectivity index is 2.55. The first kappa shape index (κ1) is 9.02. The molecule has 0 aromatic heterocycles. The summed E-state index contributed by atoms with van der Waals surface area (Å²) < 4.78 is 5.23. The van der Waals surface area contributed by atoms with Crippen LogP contribution in [0.2, 0.25) is 0 Å². The number of fused-ring (bicyclic) bond motifs is 1. The summed E-state index contributed by atoms with van der Waals surface area (Å²) in [5, 5.41) is 18.2. The predicted molar refractivity (Wildman–Crippen MR) is 48.3 cm³/mol. The Morgan fingerprint density at radius 1 is 1.50 bits per heavy atom. The number of aliphatic hydroxyl groups excluding tert-OH is 1. The summed E-state index contributed by atoms with van der Waals surface area (Å²) in [6.07, 6.45) is 0. The molecule has 1 aromatic carbocycles. The fourth-order valence-electron chi connectivity index (χ4n) is 1.64. The second kappa shape index (κ2) is 2.99. The molecule has 0 bridgehead atoms. The molecule has 74 valence electrons. The topological polar surface area (TPSA) is 66.8 Å². The van der Waals surface area contributed by atoms with E-state index in [2.05, 4.69) is 0 Å². The zero-order chi connectivity index (χ0) is 10.2. The average Bonchev–Trinajstić information content (AvgIpc) is 2.57. The van der Waals surface area contributed by atoms with Gasteiger partial charge in [-0.2, -0.15) is 0 Å². The second-order valence-corrected chi connectivity index (χ2v) is 3.33. The molecule has 1 aliphatic heterocycles. The van der Waals surface area contributed by atoms with E-state index in [1.807, 2.05) is 0 Å². The standard InChI is InChI=1S/C10H10O4/c11-5-10(9(12)13)6-14-8-4-2-1-3-7(8)10/h1-4,11H,5-6H2,(H,12,13). The molecule has 4 heteroatoms. The van der Waals surface area contributed by atoms with E-state index in [1.165, 1.54) is 0 Å². The van der Waals surface area contributed by atoms with Crippen molar-refractivity contribution in [3.8, 4) is 5.75 Å². The lowest BCUT2D eigenvalue weighted by Gasteiger charge is -2.19. The number of ether oxygens (including phenoxy) is 1. The Kier molecular flexibility index (Phi) is 1.93. The Hall–Kier alpha value is -1.55.